The van der Waals surface area contributed by atoms with Crippen LogP contribution in [0.2, 0.25) is 0 Å². The van der Waals surface area contributed by atoms with Crippen molar-refractivity contribution in [2.45, 2.75) is 13.8 Å². The molecule has 0 unspecified atom stereocenters. The summed E-state index contributed by atoms with van der Waals surface area (Å²) in [5.74, 6) is 0.347. The normalized spacial score (nSPS) is 11.6. The first-order chi connectivity index (χ1) is 29.8. The lowest BCUT2D eigenvalue weighted by Gasteiger charge is -2.25. The van der Waals surface area contributed by atoms with Gasteiger partial charge in [0.1, 0.15) is 11.5 Å². The Kier molecular flexibility index (Phi) is 12.1. The van der Waals surface area contributed by atoms with Gasteiger partial charge in [-0.1, -0.05) is 123 Å². The predicted octanol–water partition coefficient (Wildman–Crippen LogP) is 13.9. The van der Waals surface area contributed by atoms with Gasteiger partial charge in [0.2, 0.25) is 0 Å². The van der Waals surface area contributed by atoms with Gasteiger partial charge >= 0.3 is 0 Å². The number of benzene rings is 8. The third-order valence-electron chi connectivity index (χ3n) is 10.5. The zero-order valence-electron chi connectivity index (χ0n) is 34.4. The average molecular weight is 797 g/mol. The van der Waals surface area contributed by atoms with E-state index in [0.29, 0.717) is 24.2 Å². The molecule has 8 aromatic rings. The fraction of sp³-hybridized carbons (Fsp3) is 0.0909. The molecule has 0 aromatic heterocycles. The number of hydrogen-bond acceptors (Lipinski definition) is 6. The maximum absolute atomic E-state index is 11.0. The minimum atomic E-state index is -0.248. The molecule has 0 aliphatic heterocycles. The van der Waals surface area contributed by atoms with Crippen LogP contribution in [0, 0.1) is 5.41 Å². The molecular weight excluding hydrogens is 749 g/mol. The fourth-order valence-electron chi connectivity index (χ4n) is 7.31. The summed E-state index contributed by atoms with van der Waals surface area (Å²) in [6, 6.07) is 69.4. The van der Waals surface area contributed by atoms with Gasteiger partial charge < -0.3 is 20.0 Å². The van der Waals surface area contributed by atoms with Gasteiger partial charge in [-0.15, -0.1) is 0 Å². The SMILES string of the molecule is CC(C)(C/N=C/c1ccc(-c2ccc(N(c3ccccc3)c3ccccc3)cc2)cc1O)C/N=C/c1ccc(-c2ccc(N(c3ccccc3)c3ccccc3)cc2)cc1O. The van der Waals surface area contributed by atoms with Crippen LogP contribution >= 0.6 is 0 Å². The number of hydrogen-bond donors (Lipinski definition) is 2. The second kappa shape index (κ2) is 18.5. The summed E-state index contributed by atoms with van der Waals surface area (Å²) in [7, 11) is 0. The van der Waals surface area contributed by atoms with Crippen molar-refractivity contribution in [3.63, 3.8) is 0 Å². The average Bonchev–Trinajstić information content (AvgIpc) is 3.29. The Hall–Kier alpha value is -7.70. The number of aliphatic imine (C=N–C) groups is 2. The molecule has 0 bridgehead atoms. The summed E-state index contributed by atoms with van der Waals surface area (Å²) in [5, 5.41) is 22.0. The third-order valence-corrected chi connectivity index (χ3v) is 10.5. The maximum Gasteiger partial charge on any atom is 0.124 e. The first-order valence-corrected chi connectivity index (χ1v) is 20.5. The first kappa shape index (κ1) is 40.1. The highest BCUT2D eigenvalue weighted by atomic mass is 16.3. The van der Waals surface area contributed by atoms with Crippen LogP contribution in [0.4, 0.5) is 34.1 Å². The molecule has 0 saturated heterocycles. The van der Waals surface area contributed by atoms with E-state index >= 15 is 0 Å². The van der Waals surface area contributed by atoms with E-state index in [1.807, 2.05) is 97.1 Å². The molecule has 61 heavy (non-hydrogen) atoms. The molecule has 0 radical (unpaired) electrons. The Morgan fingerprint density at radius 2 is 0.656 bits per heavy atom. The van der Waals surface area contributed by atoms with Gasteiger partial charge in [0.25, 0.3) is 0 Å². The molecule has 0 aliphatic carbocycles. The Balaban J connectivity index is 0.876. The molecule has 6 nitrogen and oxygen atoms in total. The second-order valence-corrected chi connectivity index (χ2v) is 15.8. The zero-order valence-corrected chi connectivity index (χ0v) is 34.4. The van der Waals surface area contributed by atoms with E-state index < -0.39 is 0 Å². The van der Waals surface area contributed by atoms with E-state index in [1.165, 1.54) is 0 Å². The van der Waals surface area contributed by atoms with Crippen molar-refractivity contribution < 1.29 is 10.2 Å². The zero-order chi connectivity index (χ0) is 42.0. The van der Waals surface area contributed by atoms with Crippen molar-refractivity contribution in [1.82, 2.24) is 0 Å². The van der Waals surface area contributed by atoms with E-state index in [4.69, 9.17) is 0 Å². The number of phenolic OH excluding ortho intramolecular Hbond substituents is 2. The summed E-state index contributed by atoms with van der Waals surface area (Å²) >= 11 is 0. The van der Waals surface area contributed by atoms with Gasteiger partial charge in [-0.25, -0.2) is 0 Å². The maximum atomic E-state index is 11.0. The molecule has 0 atom stereocenters. The highest BCUT2D eigenvalue weighted by molar-refractivity contribution is 5.87. The molecule has 8 rings (SSSR count). The van der Waals surface area contributed by atoms with E-state index in [1.54, 1.807) is 24.6 Å². The van der Waals surface area contributed by atoms with Gasteiger partial charge in [0.05, 0.1) is 0 Å². The van der Waals surface area contributed by atoms with Crippen LogP contribution in [0.15, 0.2) is 216 Å². The summed E-state index contributed by atoms with van der Waals surface area (Å²) in [5.41, 5.74) is 11.3. The van der Waals surface area contributed by atoms with Gasteiger partial charge in [-0.2, -0.15) is 0 Å². The highest BCUT2D eigenvalue weighted by Crippen LogP contribution is 2.37. The van der Waals surface area contributed by atoms with Crippen molar-refractivity contribution in [3.8, 4) is 33.8 Å². The smallest absolute Gasteiger partial charge is 0.124 e. The number of nitrogens with zero attached hydrogens (tertiary/aromatic N) is 4. The predicted molar refractivity (Wildman–Crippen MR) is 255 cm³/mol. The van der Waals surface area contributed by atoms with Gasteiger partial charge in [0, 0.05) is 76.2 Å². The molecule has 300 valence electrons. The minimum absolute atomic E-state index is 0.174. The second-order valence-electron chi connectivity index (χ2n) is 15.8. The molecular formula is C55H48N4O2. The van der Waals surface area contributed by atoms with E-state index in [0.717, 1.165) is 56.4 Å². The van der Waals surface area contributed by atoms with Crippen molar-refractivity contribution >= 4 is 46.6 Å². The van der Waals surface area contributed by atoms with E-state index in [9.17, 15) is 10.2 Å². The first-order valence-electron chi connectivity index (χ1n) is 20.5. The lowest BCUT2D eigenvalue weighted by molar-refractivity contribution is 0.396. The topological polar surface area (TPSA) is 71.7 Å². The molecule has 0 saturated carbocycles. The molecule has 0 spiro atoms. The summed E-state index contributed by atoms with van der Waals surface area (Å²) in [4.78, 5) is 13.8. The van der Waals surface area contributed by atoms with Crippen LogP contribution in [-0.4, -0.2) is 35.7 Å². The third kappa shape index (κ3) is 9.78. The molecule has 0 amide bonds. The van der Waals surface area contributed by atoms with E-state index in [2.05, 4.69) is 131 Å². The highest BCUT2D eigenvalue weighted by Gasteiger charge is 2.17. The Morgan fingerprint density at radius 3 is 0.951 bits per heavy atom. The molecule has 0 fully saturated rings. The monoisotopic (exact) mass is 796 g/mol. The van der Waals surface area contributed by atoms with Crippen LogP contribution in [-0.2, 0) is 0 Å². The number of rotatable bonds is 14. The lowest BCUT2D eigenvalue weighted by atomic mass is 9.94. The summed E-state index contributed by atoms with van der Waals surface area (Å²) in [6.07, 6.45) is 3.45. The standard InChI is InChI=1S/C55H48N4O2/c1-55(2,39-56-37-45-25-23-43(35-53(45)60)41-27-31-51(32-28-41)58(47-15-7-3-8-16-47)48-17-9-4-10-18-48)40-57-38-46-26-24-44(36-54(46)61)42-29-33-52(34-30-42)59(49-19-11-5-12-20-49)50-21-13-6-14-22-50/h3-38,60-61H,39-40H2,1-2H3/b56-37+,57-38+. The van der Waals surface area contributed by atoms with Crippen LogP contribution in [0.1, 0.15) is 25.0 Å². The minimum Gasteiger partial charge on any atom is -0.507 e. The summed E-state index contributed by atoms with van der Waals surface area (Å²) in [6.45, 7) is 5.24. The molecule has 0 heterocycles. The van der Waals surface area contributed by atoms with Crippen molar-refractivity contribution in [3.05, 3.63) is 217 Å². The Morgan fingerprint density at radius 1 is 0.377 bits per heavy atom. The van der Waals surface area contributed by atoms with E-state index in [-0.39, 0.29) is 16.9 Å². The van der Waals surface area contributed by atoms with Crippen molar-refractivity contribution in [2.75, 3.05) is 22.9 Å². The number of para-hydroxylation sites is 4. The van der Waals surface area contributed by atoms with Crippen LogP contribution < -0.4 is 9.80 Å². The number of phenols is 2. The fourth-order valence-corrected chi connectivity index (χ4v) is 7.31. The largest absolute Gasteiger partial charge is 0.507 e. The van der Waals surface area contributed by atoms with Gasteiger partial charge in [0.15, 0.2) is 0 Å². The van der Waals surface area contributed by atoms with Crippen molar-refractivity contribution in [2.24, 2.45) is 15.4 Å². The van der Waals surface area contributed by atoms with Gasteiger partial charge in [-0.3, -0.25) is 9.98 Å². The van der Waals surface area contributed by atoms with Crippen LogP contribution in [0.3, 0.4) is 0 Å². The molecule has 2 N–H and O–H groups in total. The van der Waals surface area contributed by atoms with Gasteiger partial charge in [-0.05, 0) is 119 Å². The molecule has 8 aromatic carbocycles. The Bertz CT molecular complexity index is 2450. The molecule has 6 heteroatoms. The number of aromatic hydroxyl groups is 2. The summed E-state index contributed by atoms with van der Waals surface area (Å²) < 4.78 is 0. The number of anilines is 6. The van der Waals surface area contributed by atoms with Crippen molar-refractivity contribution in [1.29, 1.82) is 0 Å². The molecule has 0 aliphatic rings. The Labute approximate surface area is 358 Å². The lowest BCUT2D eigenvalue weighted by Crippen LogP contribution is -2.19. The van der Waals surface area contributed by atoms with Crippen LogP contribution in [0.5, 0.6) is 11.5 Å². The van der Waals surface area contributed by atoms with Crippen LogP contribution in [0.25, 0.3) is 22.3 Å². The quantitative estimate of drug-likeness (QED) is 0.108.